The summed E-state index contributed by atoms with van der Waals surface area (Å²) in [6, 6.07) is 7.81. The number of carbonyl (C=O) groups excluding carboxylic acids is 2. The van der Waals surface area contributed by atoms with Crippen LogP contribution in [0.5, 0.6) is 0 Å². The molecular formula is C22H33N5O3. The van der Waals surface area contributed by atoms with Crippen molar-refractivity contribution in [1.29, 1.82) is 0 Å². The Bertz CT molecular complexity index is 755. The lowest BCUT2D eigenvalue weighted by atomic mass is 9.92. The molecule has 8 heteroatoms. The number of nitrogens with zero attached hydrogens (tertiary/aromatic N) is 3. The van der Waals surface area contributed by atoms with Crippen molar-refractivity contribution < 1.29 is 14.3 Å². The molecule has 0 aromatic heterocycles. The van der Waals surface area contributed by atoms with Gasteiger partial charge in [-0.15, -0.1) is 0 Å². The molecule has 2 amide bonds. The van der Waals surface area contributed by atoms with Gasteiger partial charge in [-0.3, -0.25) is 24.9 Å². The van der Waals surface area contributed by atoms with Crippen molar-refractivity contribution >= 4 is 23.3 Å². The second kappa shape index (κ2) is 10.5. The molecule has 0 saturated carbocycles. The first-order valence-electron chi connectivity index (χ1n) is 10.8. The lowest BCUT2D eigenvalue weighted by Crippen LogP contribution is -2.57. The number of nitrogens with one attached hydrogen (secondary N) is 2. The summed E-state index contributed by atoms with van der Waals surface area (Å²) < 4.78 is 5.49. The molecule has 0 spiro atoms. The average molecular weight is 416 g/mol. The molecular weight excluding hydrogens is 382 g/mol. The lowest BCUT2D eigenvalue weighted by molar-refractivity contribution is -0.118. The molecule has 8 nitrogen and oxygen atoms in total. The fourth-order valence-corrected chi connectivity index (χ4v) is 4.06. The van der Waals surface area contributed by atoms with E-state index < -0.39 is 0 Å². The summed E-state index contributed by atoms with van der Waals surface area (Å²) in [6.45, 7) is 10.1. The quantitative estimate of drug-likeness (QED) is 0.672. The standard InChI is InChI=1S/C22H33N5O3/c1-4-17(5-2)19(26-10-12-30-13-11-26)14-24-22(29)21-23-15-20(28)27(25-21)18-8-6-16(3)7-9-18/h6-9,17,19H,4-5,10-15H2,1-3H3,(H,23,25)(H,24,29). The van der Waals surface area contributed by atoms with Crippen molar-refractivity contribution in [3.8, 4) is 0 Å². The van der Waals surface area contributed by atoms with Crippen LogP contribution in [0, 0.1) is 12.8 Å². The molecule has 3 rings (SSSR count). The summed E-state index contributed by atoms with van der Waals surface area (Å²) in [5.41, 5.74) is 4.68. The van der Waals surface area contributed by atoms with Gasteiger partial charge >= 0.3 is 0 Å². The van der Waals surface area contributed by atoms with Crippen LogP contribution in [0.4, 0.5) is 5.69 Å². The largest absolute Gasteiger partial charge is 0.379 e. The average Bonchev–Trinajstić information content (AvgIpc) is 2.78. The van der Waals surface area contributed by atoms with Crippen molar-refractivity contribution in [2.24, 2.45) is 10.9 Å². The number of amidine groups is 1. The van der Waals surface area contributed by atoms with E-state index in [1.54, 1.807) is 0 Å². The van der Waals surface area contributed by atoms with E-state index in [2.05, 4.69) is 34.5 Å². The van der Waals surface area contributed by atoms with Crippen LogP contribution in [0.3, 0.4) is 0 Å². The molecule has 0 bridgehead atoms. The topological polar surface area (TPSA) is 86.3 Å². The second-order valence-electron chi connectivity index (χ2n) is 7.84. The van der Waals surface area contributed by atoms with Gasteiger partial charge in [-0.1, -0.05) is 44.4 Å². The van der Waals surface area contributed by atoms with E-state index in [0.29, 0.717) is 18.2 Å². The molecule has 1 aromatic rings. The van der Waals surface area contributed by atoms with Crippen LogP contribution in [0.15, 0.2) is 29.3 Å². The van der Waals surface area contributed by atoms with E-state index in [1.165, 1.54) is 5.01 Å². The number of morpholine rings is 1. The van der Waals surface area contributed by atoms with Crippen molar-refractivity contribution in [3.05, 3.63) is 29.8 Å². The molecule has 0 radical (unpaired) electrons. The SMILES string of the molecule is CCC(CC)C(CNC(=O)C1=NCC(=O)N(c2ccc(C)cc2)N1)N1CCOCC1. The Kier molecular flexibility index (Phi) is 7.81. The fraction of sp³-hybridized carbons (Fsp3) is 0.591. The highest BCUT2D eigenvalue weighted by Crippen LogP contribution is 2.20. The number of carbonyl (C=O) groups is 2. The molecule has 2 N–H and O–H groups in total. The van der Waals surface area contributed by atoms with Gasteiger partial charge in [-0.2, -0.15) is 0 Å². The summed E-state index contributed by atoms with van der Waals surface area (Å²) in [7, 11) is 0. The van der Waals surface area contributed by atoms with Crippen molar-refractivity contribution in [3.63, 3.8) is 0 Å². The molecule has 2 aliphatic rings. The van der Waals surface area contributed by atoms with Crippen LogP contribution in [-0.2, 0) is 14.3 Å². The summed E-state index contributed by atoms with van der Waals surface area (Å²) in [4.78, 5) is 31.7. The van der Waals surface area contributed by atoms with Crippen LogP contribution in [0.25, 0.3) is 0 Å². The Labute approximate surface area is 178 Å². The number of hydrogen-bond donors (Lipinski definition) is 2. The third kappa shape index (κ3) is 5.37. The first-order valence-corrected chi connectivity index (χ1v) is 10.8. The third-order valence-electron chi connectivity index (χ3n) is 5.93. The van der Waals surface area contributed by atoms with Crippen LogP contribution >= 0.6 is 0 Å². The lowest BCUT2D eigenvalue weighted by Gasteiger charge is -2.39. The van der Waals surface area contributed by atoms with Crippen molar-refractivity contribution in [2.45, 2.75) is 39.7 Å². The van der Waals surface area contributed by atoms with Gasteiger partial charge in [0.15, 0.2) is 0 Å². The Morgan fingerprint density at radius 1 is 1.20 bits per heavy atom. The van der Waals surface area contributed by atoms with E-state index in [9.17, 15) is 9.59 Å². The first kappa shape index (κ1) is 22.2. The maximum atomic E-state index is 12.8. The summed E-state index contributed by atoms with van der Waals surface area (Å²) >= 11 is 0. The Hall–Kier alpha value is -2.45. The maximum absolute atomic E-state index is 12.8. The van der Waals surface area contributed by atoms with E-state index in [0.717, 1.165) is 44.7 Å². The number of benzene rings is 1. The Morgan fingerprint density at radius 2 is 1.87 bits per heavy atom. The number of rotatable bonds is 8. The van der Waals surface area contributed by atoms with Gasteiger partial charge in [-0.05, 0) is 25.0 Å². The molecule has 1 fully saturated rings. The second-order valence-corrected chi connectivity index (χ2v) is 7.84. The minimum absolute atomic E-state index is 0.0525. The molecule has 0 aliphatic carbocycles. The van der Waals surface area contributed by atoms with Gasteiger partial charge in [0.05, 0.1) is 18.9 Å². The minimum Gasteiger partial charge on any atom is -0.379 e. The molecule has 1 unspecified atom stereocenters. The zero-order valence-corrected chi connectivity index (χ0v) is 18.2. The number of hydrogen-bond acceptors (Lipinski definition) is 6. The van der Waals surface area contributed by atoms with E-state index in [4.69, 9.17) is 4.74 Å². The van der Waals surface area contributed by atoms with Gasteiger partial charge in [0.1, 0.15) is 6.54 Å². The van der Waals surface area contributed by atoms with Gasteiger partial charge in [0, 0.05) is 25.7 Å². The smallest absolute Gasteiger partial charge is 0.288 e. The van der Waals surface area contributed by atoms with Gasteiger partial charge in [0.25, 0.3) is 11.8 Å². The molecule has 2 heterocycles. The van der Waals surface area contributed by atoms with Crippen LogP contribution < -0.4 is 15.8 Å². The molecule has 1 atom stereocenters. The molecule has 1 aromatic carbocycles. The zero-order chi connectivity index (χ0) is 21.5. The van der Waals surface area contributed by atoms with Crippen molar-refractivity contribution in [2.75, 3.05) is 44.4 Å². The number of aryl methyl sites for hydroxylation is 1. The third-order valence-corrected chi connectivity index (χ3v) is 5.93. The first-order chi connectivity index (χ1) is 14.5. The highest BCUT2D eigenvalue weighted by molar-refractivity contribution is 6.39. The molecule has 2 aliphatic heterocycles. The van der Waals surface area contributed by atoms with E-state index in [1.807, 2.05) is 31.2 Å². The number of hydrazine groups is 1. The van der Waals surface area contributed by atoms with Crippen LogP contribution in [0.2, 0.25) is 0 Å². The summed E-state index contributed by atoms with van der Waals surface area (Å²) in [5.74, 6) is 0.179. The Morgan fingerprint density at radius 3 is 2.50 bits per heavy atom. The monoisotopic (exact) mass is 415 g/mol. The predicted octanol–water partition coefficient (Wildman–Crippen LogP) is 1.50. The molecule has 30 heavy (non-hydrogen) atoms. The van der Waals surface area contributed by atoms with Gasteiger partial charge in [-0.25, -0.2) is 5.01 Å². The predicted molar refractivity (Wildman–Crippen MR) is 117 cm³/mol. The van der Waals surface area contributed by atoms with E-state index >= 15 is 0 Å². The van der Waals surface area contributed by atoms with Gasteiger partial charge < -0.3 is 10.1 Å². The molecule has 164 valence electrons. The number of aliphatic imine (C=N–C) groups is 1. The number of anilines is 1. The van der Waals surface area contributed by atoms with Gasteiger partial charge in [0.2, 0.25) is 5.84 Å². The maximum Gasteiger partial charge on any atom is 0.288 e. The highest BCUT2D eigenvalue weighted by Gasteiger charge is 2.29. The normalized spacial score (nSPS) is 18.7. The Balaban J connectivity index is 1.64. The van der Waals surface area contributed by atoms with Crippen LogP contribution in [-0.4, -0.2) is 68.0 Å². The van der Waals surface area contributed by atoms with Crippen LogP contribution in [0.1, 0.15) is 32.3 Å². The number of ether oxygens (including phenoxy) is 1. The van der Waals surface area contributed by atoms with E-state index in [-0.39, 0.29) is 30.2 Å². The fourth-order valence-electron chi connectivity index (χ4n) is 4.06. The highest BCUT2D eigenvalue weighted by atomic mass is 16.5. The summed E-state index contributed by atoms with van der Waals surface area (Å²) in [6.07, 6.45) is 2.12. The molecule has 1 saturated heterocycles. The number of amides is 2. The minimum atomic E-state index is -0.288. The summed E-state index contributed by atoms with van der Waals surface area (Å²) in [5, 5.41) is 4.43. The van der Waals surface area contributed by atoms with Crippen molar-refractivity contribution in [1.82, 2.24) is 15.6 Å². The zero-order valence-electron chi connectivity index (χ0n) is 18.2.